The Balaban J connectivity index is 0.831. The largest absolute Gasteiger partial charge is 0.309 e. The molecule has 0 radical (unpaired) electrons. The third-order valence-corrected chi connectivity index (χ3v) is 22.2. The first-order valence-electron chi connectivity index (χ1n) is 30.8. The number of nitrogens with zero attached hydrogens (tertiary/aromatic N) is 3. The van der Waals surface area contributed by atoms with Gasteiger partial charge in [-0.2, -0.15) is 0 Å². The van der Waals surface area contributed by atoms with Crippen LogP contribution in [-0.4, -0.2) is 14.1 Å². The Kier molecular flexibility index (Phi) is 9.77. The highest BCUT2D eigenvalue weighted by Gasteiger charge is 2.71. The van der Waals surface area contributed by atoms with Gasteiger partial charge in [0.2, 0.25) is 0 Å². The van der Waals surface area contributed by atoms with Crippen LogP contribution in [0.2, 0.25) is 0 Å². The van der Waals surface area contributed by atoms with E-state index >= 15 is 0 Å². The van der Waals surface area contributed by atoms with E-state index in [2.05, 4.69) is 270 Å². The fourth-order valence-electron chi connectivity index (χ4n) is 19.6. The second-order valence-electron chi connectivity index (χ2n) is 25.9. The highest BCUT2D eigenvalue weighted by atomic mass is 15.1. The van der Waals surface area contributed by atoms with Crippen molar-refractivity contribution in [2.45, 2.75) is 78.9 Å². The minimum absolute atomic E-state index is 0.0945. The van der Waals surface area contributed by atoms with Crippen molar-refractivity contribution in [3.63, 3.8) is 0 Å². The summed E-state index contributed by atoms with van der Waals surface area (Å²) in [4.78, 5) is 5.32. The summed E-state index contributed by atoms with van der Waals surface area (Å²) in [6, 6.07) is 101. The van der Waals surface area contributed by atoms with Crippen molar-refractivity contribution in [1.29, 1.82) is 0 Å². The summed E-state index contributed by atoms with van der Waals surface area (Å²) in [5, 5.41) is 2.48. The van der Waals surface area contributed by atoms with E-state index in [1.807, 2.05) is 0 Å². The second-order valence-corrected chi connectivity index (χ2v) is 25.9. The van der Waals surface area contributed by atoms with Crippen LogP contribution in [0.1, 0.15) is 96.1 Å². The predicted molar refractivity (Wildman–Crippen MR) is 345 cm³/mol. The van der Waals surface area contributed by atoms with Crippen LogP contribution in [0.3, 0.4) is 0 Å². The number of imidazole rings is 1. The lowest BCUT2D eigenvalue weighted by Crippen LogP contribution is -2.64. The number of hydrogen-bond acceptors (Lipinski definition) is 1. The Morgan fingerprint density at radius 1 is 0.333 bits per heavy atom. The second kappa shape index (κ2) is 17.4. The van der Waals surface area contributed by atoms with E-state index in [0.717, 1.165) is 40.2 Å². The van der Waals surface area contributed by atoms with Crippen molar-refractivity contribution in [1.82, 2.24) is 14.1 Å². The number of para-hydroxylation sites is 4. The fourth-order valence-corrected chi connectivity index (χ4v) is 19.6. The minimum atomic E-state index is -0.127. The number of fused-ring (bicyclic) bond motifs is 19. The Bertz CT molecular complexity index is 4880. The average Bonchev–Trinajstić information content (AvgIpc) is 1.45. The highest BCUT2D eigenvalue weighted by Crippen LogP contribution is 2.78. The standard InChI is InChI=1S/C81H61N3/c1-2-19-56(20-3-1)84-74-36-17-15-34-72(74)82-77(84)52-39-42-67-66-28-12-16-35-73(66)83(75(67)45-52)57-40-37-51(38-41-57)61-30-18-33-71-76(61)68-29-9-6-23-60(68)54-47-79(71)44-43-53-46-80(69-31-13-10-26-64(69)62-24-7-4-21-58(53)62)49-55-50-81(48-54,78(79)80)70-32-14-11-27-65(70)63-25-8-5-22-59(55)63/h1-42,45,53-55,78H,43-44,46-50H2. The predicted octanol–water partition coefficient (Wildman–Crippen LogP) is 20.3. The van der Waals surface area contributed by atoms with Crippen LogP contribution in [0.5, 0.6) is 0 Å². The summed E-state index contributed by atoms with van der Waals surface area (Å²) in [6.45, 7) is 0. The molecule has 3 fully saturated rings. The van der Waals surface area contributed by atoms with Crippen LogP contribution in [0.25, 0.3) is 100 Å². The maximum Gasteiger partial charge on any atom is 0.145 e. The van der Waals surface area contributed by atoms with Crippen LogP contribution >= 0.6 is 0 Å². The molecule has 6 bridgehead atoms. The van der Waals surface area contributed by atoms with E-state index in [4.69, 9.17) is 4.98 Å². The molecule has 11 aromatic carbocycles. The molecule has 0 N–H and O–H groups in total. The topological polar surface area (TPSA) is 22.8 Å². The van der Waals surface area contributed by atoms with Gasteiger partial charge in [-0.15, -0.1) is 0 Å². The molecular weight excluding hydrogens is 1010 g/mol. The van der Waals surface area contributed by atoms with Crippen molar-refractivity contribution in [2.24, 2.45) is 5.92 Å². The van der Waals surface area contributed by atoms with Crippen LogP contribution < -0.4 is 0 Å². The lowest BCUT2D eigenvalue weighted by atomic mass is 9.36. The maximum absolute atomic E-state index is 5.32. The molecule has 0 aliphatic heterocycles. The summed E-state index contributed by atoms with van der Waals surface area (Å²) in [7, 11) is 0. The number of benzene rings is 11. The normalized spacial score (nSPS) is 23.8. The van der Waals surface area contributed by atoms with E-state index in [1.54, 1.807) is 33.4 Å². The average molecular weight is 1080 g/mol. The summed E-state index contributed by atoms with van der Waals surface area (Å²) in [6.07, 6.45) is 8.19. The highest BCUT2D eigenvalue weighted by molar-refractivity contribution is 6.10. The molecule has 6 aliphatic rings. The Morgan fingerprint density at radius 2 is 0.833 bits per heavy atom. The van der Waals surface area contributed by atoms with Gasteiger partial charge in [0.15, 0.2) is 0 Å². The zero-order valence-electron chi connectivity index (χ0n) is 46.9. The molecule has 3 saturated carbocycles. The van der Waals surface area contributed by atoms with E-state index in [9.17, 15) is 0 Å². The lowest BCUT2D eigenvalue weighted by Gasteiger charge is -2.67. The van der Waals surface area contributed by atoms with Gasteiger partial charge in [-0.25, -0.2) is 4.98 Å². The van der Waals surface area contributed by atoms with Crippen molar-refractivity contribution in [3.05, 3.63) is 294 Å². The Morgan fingerprint density at radius 3 is 1.55 bits per heavy atom. The molecule has 6 aliphatic carbocycles. The Hall–Kier alpha value is -9.31. The van der Waals surface area contributed by atoms with Crippen molar-refractivity contribution in [3.8, 4) is 67.3 Å². The molecule has 3 spiro atoms. The van der Waals surface area contributed by atoms with Gasteiger partial charge in [0.1, 0.15) is 5.82 Å². The van der Waals surface area contributed by atoms with Crippen LogP contribution in [-0.2, 0) is 16.2 Å². The first-order valence-corrected chi connectivity index (χ1v) is 30.8. The minimum Gasteiger partial charge on any atom is -0.309 e. The van der Waals surface area contributed by atoms with Crippen molar-refractivity contribution < 1.29 is 0 Å². The zero-order valence-corrected chi connectivity index (χ0v) is 46.9. The lowest BCUT2D eigenvalue weighted by molar-refractivity contribution is -0.0410. The molecule has 7 atom stereocenters. The summed E-state index contributed by atoms with van der Waals surface area (Å²) < 4.78 is 4.79. The molecule has 2 heterocycles. The molecule has 84 heavy (non-hydrogen) atoms. The third kappa shape index (κ3) is 6.29. The van der Waals surface area contributed by atoms with Crippen LogP contribution in [0.15, 0.2) is 261 Å². The van der Waals surface area contributed by atoms with Gasteiger partial charge in [-0.1, -0.05) is 212 Å². The molecule has 7 unspecified atom stereocenters. The molecule has 400 valence electrons. The number of rotatable bonds is 4. The molecule has 13 aromatic rings. The fraction of sp³-hybridized carbons (Fsp3) is 0.173. The quantitative estimate of drug-likeness (QED) is 0.172. The van der Waals surface area contributed by atoms with Gasteiger partial charge in [0.25, 0.3) is 0 Å². The van der Waals surface area contributed by atoms with Crippen molar-refractivity contribution in [2.75, 3.05) is 0 Å². The van der Waals surface area contributed by atoms with Crippen LogP contribution in [0.4, 0.5) is 0 Å². The maximum atomic E-state index is 5.32. The first kappa shape index (κ1) is 47.2. The van der Waals surface area contributed by atoms with Gasteiger partial charge in [-0.3, -0.25) is 4.57 Å². The monoisotopic (exact) mass is 1080 g/mol. The van der Waals surface area contributed by atoms with Gasteiger partial charge >= 0.3 is 0 Å². The first-order chi connectivity index (χ1) is 41.6. The number of hydrogen-bond donors (Lipinski definition) is 0. The Labute approximate surface area is 490 Å². The molecule has 2 aromatic heterocycles. The van der Waals surface area contributed by atoms with Gasteiger partial charge in [-0.05, 0) is 195 Å². The molecule has 19 rings (SSSR count). The smallest absolute Gasteiger partial charge is 0.145 e. The zero-order chi connectivity index (χ0) is 54.9. The van der Waals surface area contributed by atoms with E-state index in [-0.39, 0.29) is 16.2 Å². The summed E-state index contributed by atoms with van der Waals surface area (Å²) in [5.74, 6) is 2.55. The van der Waals surface area contributed by atoms with E-state index in [1.165, 1.54) is 105 Å². The van der Waals surface area contributed by atoms with E-state index in [0.29, 0.717) is 23.7 Å². The van der Waals surface area contributed by atoms with Gasteiger partial charge < -0.3 is 4.57 Å². The SMILES string of the molecule is c1ccc(-n2c(-c3ccc4c5ccccc5n(-c5ccc(-c6cccc7c6-c6ccccc6C6CC89CC(CC%10%11CC(CCC7(C6)C%108)c6ccccc6-c6ccccc6%11)c6ccccc6-c6ccccc69)cc5)c4c3)nc3ccccc32)cc1. The van der Waals surface area contributed by atoms with Crippen LogP contribution in [0, 0.1) is 5.92 Å². The molecule has 3 nitrogen and oxygen atoms in total. The van der Waals surface area contributed by atoms with Gasteiger partial charge in [0.05, 0.1) is 22.1 Å². The van der Waals surface area contributed by atoms with E-state index < -0.39 is 0 Å². The van der Waals surface area contributed by atoms with Gasteiger partial charge in [0, 0.05) is 44.0 Å². The number of aromatic nitrogens is 3. The molecule has 0 amide bonds. The molecule has 3 heteroatoms. The third-order valence-electron chi connectivity index (χ3n) is 22.2. The molecular formula is C81H61N3. The summed E-state index contributed by atoms with van der Waals surface area (Å²) in [5.41, 5.74) is 28.3. The summed E-state index contributed by atoms with van der Waals surface area (Å²) >= 11 is 0. The van der Waals surface area contributed by atoms with Crippen molar-refractivity contribution >= 4 is 32.8 Å². The molecule has 0 saturated heterocycles.